The van der Waals surface area contributed by atoms with Crippen LogP contribution >= 0.6 is 27.5 Å². The SMILES string of the molecule is [N-]=[N+]=NC[C@@H]1[C@@H](CN=[N+]=[N-])[C@H](C(=O)CCl)[C@@](O)(CBr)[C@@H]1O. The molecule has 9 nitrogen and oxygen atoms in total. The van der Waals surface area contributed by atoms with E-state index in [2.05, 4.69) is 36.0 Å². The highest BCUT2D eigenvalue weighted by Gasteiger charge is 2.60. The molecule has 0 spiro atoms. The van der Waals surface area contributed by atoms with E-state index in [-0.39, 0.29) is 24.3 Å². The molecule has 1 aliphatic rings. The van der Waals surface area contributed by atoms with Gasteiger partial charge in [0.15, 0.2) is 5.78 Å². The zero-order chi connectivity index (χ0) is 16.0. The van der Waals surface area contributed by atoms with E-state index < -0.39 is 35.2 Å². The molecule has 11 heteroatoms. The second-order valence-corrected chi connectivity index (χ2v) is 5.63. The average molecular weight is 382 g/mol. The maximum atomic E-state index is 12.1. The van der Waals surface area contributed by atoms with Gasteiger partial charge in [-0.15, -0.1) is 11.6 Å². The molecule has 1 fully saturated rings. The molecular weight excluding hydrogens is 368 g/mol. The standard InChI is InChI=1S/C10H14BrClN6O3/c11-4-10(21)8(7(19)1-12)5(2-15-17-13)6(9(10)20)3-16-18-14/h5-6,8-9,20-21H,1-4H2/t5-,6-,8-,9-,10+/m1/s1. The average Bonchev–Trinajstić information content (AvgIpc) is 2.71. The first-order chi connectivity index (χ1) is 9.97. The van der Waals surface area contributed by atoms with E-state index in [4.69, 9.17) is 22.7 Å². The lowest BCUT2D eigenvalue weighted by Gasteiger charge is -2.31. The fraction of sp³-hybridized carbons (Fsp3) is 0.900. The van der Waals surface area contributed by atoms with E-state index in [1.165, 1.54) is 0 Å². The summed E-state index contributed by atoms with van der Waals surface area (Å²) < 4.78 is 0. The van der Waals surface area contributed by atoms with Gasteiger partial charge in [-0.05, 0) is 22.9 Å². The number of hydrogen-bond donors (Lipinski definition) is 2. The van der Waals surface area contributed by atoms with Gasteiger partial charge in [0.2, 0.25) is 0 Å². The molecule has 0 aromatic rings. The lowest BCUT2D eigenvalue weighted by Crippen LogP contribution is -2.49. The van der Waals surface area contributed by atoms with Crippen LogP contribution in [0.25, 0.3) is 20.9 Å². The number of halogens is 2. The number of ketones is 1. The van der Waals surface area contributed by atoms with Gasteiger partial charge in [-0.1, -0.05) is 26.2 Å². The Bertz CT molecular complexity index is 495. The van der Waals surface area contributed by atoms with Gasteiger partial charge in [0.1, 0.15) is 5.60 Å². The Hall–Kier alpha value is -1.02. The summed E-state index contributed by atoms with van der Waals surface area (Å²) in [6, 6.07) is 0. The lowest BCUT2D eigenvalue weighted by atomic mass is 9.82. The monoisotopic (exact) mass is 380 g/mol. The Morgan fingerprint density at radius 3 is 2.24 bits per heavy atom. The van der Waals surface area contributed by atoms with Crippen LogP contribution in [-0.4, -0.2) is 52.0 Å². The normalized spacial score (nSPS) is 34.9. The van der Waals surface area contributed by atoms with Gasteiger partial charge >= 0.3 is 0 Å². The van der Waals surface area contributed by atoms with Crippen molar-refractivity contribution in [2.75, 3.05) is 24.3 Å². The van der Waals surface area contributed by atoms with E-state index in [1.807, 2.05) is 0 Å². The first kappa shape index (κ1) is 18.0. The summed E-state index contributed by atoms with van der Waals surface area (Å²) in [5.74, 6) is -3.16. The maximum absolute atomic E-state index is 12.1. The molecule has 1 aliphatic carbocycles. The Balaban J connectivity index is 3.27. The van der Waals surface area contributed by atoms with Crippen molar-refractivity contribution in [3.05, 3.63) is 20.9 Å². The first-order valence-corrected chi connectivity index (χ1v) is 7.70. The number of aliphatic hydroxyl groups excluding tert-OH is 1. The minimum Gasteiger partial charge on any atom is -0.390 e. The Kier molecular flexibility index (Phi) is 6.73. The minimum absolute atomic E-state index is 0.0615. The topological polar surface area (TPSA) is 155 Å². The molecule has 0 aromatic heterocycles. The van der Waals surface area contributed by atoms with Crippen LogP contribution in [0, 0.1) is 17.8 Å². The Labute approximate surface area is 133 Å². The van der Waals surface area contributed by atoms with Crippen LogP contribution in [0.4, 0.5) is 0 Å². The molecule has 0 aromatic carbocycles. The van der Waals surface area contributed by atoms with E-state index in [9.17, 15) is 15.0 Å². The van der Waals surface area contributed by atoms with E-state index in [0.29, 0.717) is 0 Å². The molecule has 2 N–H and O–H groups in total. The van der Waals surface area contributed by atoms with Crippen LogP contribution in [0.5, 0.6) is 0 Å². The number of rotatable bonds is 7. The number of carbonyl (C=O) groups excluding carboxylic acids is 1. The highest BCUT2D eigenvalue weighted by Crippen LogP contribution is 2.46. The van der Waals surface area contributed by atoms with Crippen molar-refractivity contribution >= 4 is 33.3 Å². The molecule has 0 heterocycles. The summed E-state index contributed by atoms with van der Waals surface area (Å²) in [5, 5.41) is 27.7. The summed E-state index contributed by atoms with van der Waals surface area (Å²) in [7, 11) is 0. The number of Topliss-reactive ketones (excluding diaryl/α,β-unsaturated/α-hetero) is 1. The molecular formula is C10H14BrClN6O3. The number of aliphatic hydroxyl groups is 2. The third-order valence-electron chi connectivity index (χ3n) is 3.84. The molecule has 0 unspecified atom stereocenters. The van der Waals surface area contributed by atoms with Gasteiger partial charge in [0.25, 0.3) is 0 Å². The lowest BCUT2D eigenvalue weighted by molar-refractivity contribution is -0.133. The molecule has 116 valence electrons. The Morgan fingerprint density at radius 1 is 1.29 bits per heavy atom. The molecule has 1 saturated carbocycles. The van der Waals surface area contributed by atoms with Crippen LogP contribution < -0.4 is 0 Å². The number of alkyl halides is 2. The van der Waals surface area contributed by atoms with E-state index in [0.717, 1.165) is 0 Å². The van der Waals surface area contributed by atoms with Crippen molar-refractivity contribution in [3.8, 4) is 0 Å². The van der Waals surface area contributed by atoms with Gasteiger partial charge in [0.05, 0.1) is 17.9 Å². The molecule has 0 saturated heterocycles. The molecule has 0 radical (unpaired) electrons. The number of carbonyl (C=O) groups is 1. The molecule has 0 bridgehead atoms. The summed E-state index contributed by atoms with van der Waals surface area (Å²) in [4.78, 5) is 17.3. The summed E-state index contributed by atoms with van der Waals surface area (Å²) in [6.07, 6.45) is -1.31. The van der Waals surface area contributed by atoms with Gasteiger partial charge in [-0.25, -0.2) is 0 Å². The number of hydrogen-bond acceptors (Lipinski definition) is 5. The fourth-order valence-electron chi connectivity index (χ4n) is 2.91. The van der Waals surface area contributed by atoms with E-state index >= 15 is 0 Å². The number of azide groups is 2. The van der Waals surface area contributed by atoms with Gasteiger partial charge in [0, 0.05) is 28.2 Å². The quantitative estimate of drug-likeness (QED) is 0.298. The molecule has 21 heavy (non-hydrogen) atoms. The highest BCUT2D eigenvalue weighted by molar-refractivity contribution is 9.09. The molecule has 5 atom stereocenters. The van der Waals surface area contributed by atoms with Gasteiger partial charge in [-0.3, -0.25) is 4.79 Å². The zero-order valence-corrected chi connectivity index (χ0v) is 13.2. The van der Waals surface area contributed by atoms with Crippen LogP contribution in [-0.2, 0) is 4.79 Å². The van der Waals surface area contributed by atoms with Crippen LogP contribution in [0.3, 0.4) is 0 Å². The van der Waals surface area contributed by atoms with Crippen molar-refractivity contribution in [3.63, 3.8) is 0 Å². The summed E-state index contributed by atoms with van der Waals surface area (Å²) >= 11 is 8.66. The third kappa shape index (κ3) is 3.42. The maximum Gasteiger partial charge on any atom is 0.153 e. The third-order valence-corrected chi connectivity index (χ3v) is 5.00. The molecule has 0 amide bonds. The molecule has 1 rings (SSSR count). The predicted octanol–water partition coefficient (Wildman–Crippen LogP) is 1.76. The van der Waals surface area contributed by atoms with Crippen LogP contribution in [0.1, 0.15) is 0 Å². The van der Waals surface area contributed by atoms with Crippen molar-refractivity contribution in [2.45, 2.75) is 11.7 Å². The highest BCUT2D eigenvalue weighted by atomic mass is 79.9. The summed E-state index contributed by atoms with van der Waals surface area (Å²) in [6.45, 7) is -0.230. The van der Waals surface area contributed by atoms with Crippen molar-refractivity contribution in [1.82, 2.24) is 0 Å². The second kappa shape index (κ2) is 7.84. The van der Waals surface area contributed by atoms with Crippen LogP contribution in [0.2, 0.25) is 0 Å². The minimum atomic E-state index is -1.75. The number of nitrogens with zero attached hydrogens (tertiary/aromatic N) is 6. The van der Waals surface area contributed by atoms with Crippen molar-refractivity contribution in [1.29, 1.82) is 0 Å². The van der Waals surface area contributed by atoms with E-state index in [1.54, 1.807) is 0 Å². The fourth-order valence-corrected chi connectivity index (χ4v) is 3.75. The first-order valence-electron chi connectivity index (χ1n) is 6.04. The summed E-state index contributed by atoms with van der Waals surface area (Å²) in [5.41, 5.74) is 15.1. The van der Waals surface area contributed by atoms with Crippen LogP contribution in [0.15, 0.2) is 10.2 Å². The van der Waals surface area contributed by atoms with Crippen molar-refractivity contribution in [2.24, 2.45) is 28.0 Å². The molecule has 0 aliphatic heterocycles. The largest absolute Gasteiger partial charge is 0.390 e. The zero-order valence-electron chi connectivity index (χ0n) is 10.9. The Morgan fingerprint density at radius 2 is 1.81 bits per heavy atom. The smallest absolute Gasteiger partial charge is 0.153 e. The predicted molar refractivity (Wildman–Crippen MR) is 79.0 cm³/mol. The second-order valence-electron chi connectivity index (χ2n) is 4.80. The van der Waals surface area contributed by atoms with Gasteiger partial charge < -0.3 is 10.2 Å². The van der Waals surface area contributed by atoms with Crippen molar-refractivity contribution < 1.29 is 15.0 Å². The van der Waals surface area contributed by atoms with Gasteiger partial charge in [-0.2, -0.15) is 0 Å².